The first-order valence-electron chi connectivity index (χ1n) is 8.70. The van der Waals surface area contributed by atoms with Crippen molar-refractivity contribution in [2.45, 2.75) is 44.3 Å². The first-order valence-corrected chi connectivity index (χ1v) is 8.70. The van der Waals surface area contributed by atoms with E-state index in [0.29, 0.717) is 17.6 Å². The Morgan fingerprint density at radius 1 is 1.42 bits per heavy atom. The Hall–Kier alpha value is -2.23. The molecule has 0 spiro atoms. The molecule has 9 nitrogen and oxygen atoms in total. The third-order valence-electron chi connectivity index (χ3n) is 5.08. The second-order valence-corrected chi connectivity index (χ2v) is 7.14. The van der Waals surface area contributed by atoms with E-state index in [1.165, 1.54) is 13.4 Å². The van der Waals surface area contributed by atoms with Crippen LogP contribution in [0, 0.1) is 5.92 Å². The maximum atomic E-state index is 11.5. The maximum absolute atomic E-state index is 11.5. The van der Waals surface area contributed by atoms with Gasteiger partial charge < -0.3 is 29.8 Å². The van der Waals surface area contributed by atoms with Gasteiger partial charge in [-0.05, 0) is 32.9 Å². The summed E-state index contributed by atoms with van der Waals surface area (Å²) in [6, 6.07) is 1.88. The second kappa shape index (κ2) is 6.19. The predicted octanol–water partition coefficient (Wildman–Crippen LogP) is 1.19. The summed E-state index contributed by atoms with van der Waals surface area (Å²) in [5.41, 5.74) is 6.65. The highest BCUT2D eigenvalue weighted by Gasteiger charge is 2.54. The summed E-state index contributed by atoms with van der Waals surface area (Å²) >= 11 is 0. The first-order chi connectivity index (χ1) is 12.4. The molecule has 2 aromatic heterocycles. The number of hydrogen-bond donors (Lipinski definition) is 2. The van der Waals surface area contributed by atoms with E-state index in [1.54, 1.807) is 0 Å². The van der Waals surface area contributed by atoms with Crippen LogP contribution in [0.25, 0.3) is 11.0 Å². The number of fused-ring (bicyclic) bond motifs is 2. The minimum absolute atomic E-state index is 0.0376. The van der Waals surface area contributed by atoms with E-state index in [9.17, 15) is 4.79 Å². The fourth-order valence-corrected chi connectivity index (χ4v) is 4.00. The van der Waals surface area contributed by atoms with E-state index in [0.717, 1.165) is 6.42 Å². The van der Waals surface area contributed by atoms with E-state index in [1.807, 2.05) is 30.7 Å². The molecular formula is C17H23N5O4. The first kappa shape index (κ1) is 17.2. The van der Waals surface area contributed by atoms with Crippen LogP contribution in [0.3, 0.4) is 0 Å². The topological polar surface area (TPSA) is 114 Å². The van der Waals surface area contributed by atoms with Crippen molar-refractivity contribution in [2.75, 3.05) is 13.6 Å². The Labute approximate surface area is 150 Å². The Balaban J connectivity index is 1.71. The van der Waals surface area contributed by atoms with Gasteiger partial charge in [-0.15, -0.1) is 0 Å². The minimum Gasteiger partial charge on any atom is -0.390 e. The van der Waals surface area contributed by atoms with Gasteiger partial charge in [-0.25, -0.2) is 14.8 Å². The number of amides is 1. The van der Waals surface area contributed by atoms with Gasteiger partial charge in [0.1, 0.15) is 18.1 Å². The van der Waals surface area contributed by atoms with Crippen molar-refractivity contribution in [3.8, 4) is 5.88 Å². The molecule has 4 atom stereocenters. The molecule has 1 saturated heterocycles. The lowest BCUT2D eigenvalue weighted by molar-refractivity contribution is -0.159. The molecule has 140 valence electrons. The molecule has 1 aliphatic heterocycles. The number of nitrogens with two attached hydrogens (primary N) is 1. The summed E-state index contributed by atoms with van der Waals surface area (Å²) in [6.07, 6.45) is 3.43. The van der Waals surface area contributed by atoms with Crippen LogP contribution in [0.4, 0.5) is 4.79 Å². The van der Waals surface area contributed by atoms with Crippen LogP contribution in [0.15, 0.2) is 18.6 Å². The van der Waals surface area contributed by atoms with Crippen molar-refractivity contribution in [3.05, 3.63) is 18.6 Å². The molecular weight excluding hydrogens is 338 g/mol. The lowest BCUT2D eigenvalue weighted by Gasteiger charge is -2.24. The van der Waals surface area contributed by atoms with Crippen LogP contribution in [0.2, 0.25) is 0 Å². The highest BCUT2D eigenvalue weighted by molar-refractivity contribution is 5.84. The van der Waals surface area contributed by atoms with Crippen LogP contribution in [-0.4, -0.2) is 52.2 Å². The SMILES string of the molecule is CNC(=O)Oc1ncnc2c1ccn2[C@@H]1C[C@H](CN)[C@H]2OC(C)(C)O[C@H]21. The molecule has 2 aliphatic rings. The van der Waals surface area contributed by atoms with Gasteiger partial charge in [0.2, 0.25) is 5.88 Å². The second-order valence-electron chi connectivity index (χ2n) is 7.14. The van der Waals surface area contributed by atoms with Crippen molar-refractivity contribution in [2.24, 2.45) is 11.7 Å². The van der Waals surface area contributed by atoms with Gasteiger partial charge in [0.15, 0.2) is 5.79 Å². The standard InChI is InChI=1S/C17H23N5O4/c1-17(2)25-12-9(7-18)6-11(13(12)26-17)22-5-4-10-14(22)20-8-21-15(10)24-16(23)19-3/h4-5,8-9,11-13H,6-7,18H2,1-3H3,(H,19,23)/t9-,11-,12-,13+/m1/s1. The average Bonchev–Trinajstić information content (AvgIpc) is 3.25. The van der Waals surface area contributed by atoms with Crippen molar-refractivity contribution >= 4 is 17.1 Å². The number of rotatable bonds is 3. The van der Waals surface area contributed by atoms with Crippen LogP contribution < -0.4 is 15.8 Å². The number of nitrogens with one attached hydrogen (secondary N) is 1. The number of ether oxygens (including phenoxy) is 3. The Morgan fingerprint density at radius 2 is 2.19 bits per heavy atom. The molecule has 9 heteroatoms. The summed E-state index contributed by atoms with van der Waals surface area (Å²) in [5, 5.41) is 3.08. The third-order valence-corrected chi connectivity index (χ3v) is 5.08. The summed E-state index contributed by atoms with van der Waals surface area (Å²) in [5.74, 6) is -0.193. The van der Waals surface area contributed by atoms with E-state index in [2.05, 4.69) is 15.3 Å². The van der Waals surface area contributed by atoms with Gasteiger partial charge in [0, 0.05) is 19.2 Å². The Bertz CT molecular complexity index is 836. The zero-order valence-corrected chi connectivity index (χ0v) is 15.0. The zero-order valence-electron chi connectivity index (χ0n) is 15.0. The van der Waals surface area contributed by atoms with Crippen molar-refractivity contribution in [1.82, 2.24) is 19.9 Å². The monoisotopic (exact) mass is 361 g/mol. The van der Waals surface area contributed by atoms with Gasteiger partial charge in [0.25, 0.3) is 0 Å². The lowest BCUT2D eigenvalue weighted by Crippen LogP contribution is -2.29. The summed E-state index contributed by atoms with van der Waals surface area (Å²) in [4.78, 5) is 20.0. The lowest BCUT2D eigenvalue weighted by atomic mass is 10.1. The molecule has 2 fully saturated rings. The highest BCUT2D eigenvalue weighted by atomic mass is 16.8. The molecule has 1 aliphatic carbocycles. The van der Waals surface area contributed by atoms with E-state index in [4.69, 9.17) is 19.9 Å². The van der Waals surface area contributed by atoms with Gasteiger partial charge in [-0.2, -0.15) is 0 Å². The summed E-state index contributed by atoms with van der Waals surface area (Å²) in [6.45, 7) is 4.37. The number of carbonyl (C=O) groups excluding carboxylic acids is 1. The van der Waals surface area contributed by atoms with Crippen molar-refractivity contribution < 1.29 is 19.0 Å². The highest BCUT2D eigenvalue weighted by Crippen LogP contribution is 2.47. The molecule has 26 heavy (non-hydrogen) atoms. The maximum Gasteiger partial charge on any atom is 0.413 e. The fourth-order valence-electron chi connectivity index (χ4n) is 4.00. The van der Waals surface area contributed by atoms with Crippen LogP contribution in [0.5, 0.6) is 5.88 Å². The summed E-state index contributed by atoms with van der Waals surface area (Å²) in [7, 11) is 1.50. The Morgan fingerprint density at radius 3 is 2.92 bits per heavy atom. The molecule has 0 bridgehead atoms. The predicted molar refractivity (Wildman–Crippen MR) is 92.6 cm³/mol. The molecule has 4 rings (SSSR count). The quantitative estimate of drug-likeness (QED) is 0.844. The molecule has 2 aromatic rings. The number of carbonyl (C=O) groups is 1. The molecule has 0 radical (unpaired) electrons. The smallest absolute Gasteiger partial charge is 0.390 e. The molecule has 0 aromatic carbocycles. The fraction of sp³-hybridized carbons (Fsp3) is 0.588. The number of aromatic nitrogens is 3. The largest absolute Gasteiger partial charge is 0.413 e. The Kier molecular flexibility index (Phi) is 4.09. The van der Waals surface area contributed by atoms with Gasteiger partial charge in [0.05, 0.1) is 17.5 Å². The van der Waals surface area contributed by atoms with Gasteiger partial charge in [-0.1, -0.05) is 0 Å². The number of nitrogens with zero attached hydrogens (tertiary/aromatic N) is 3. The van der Waals surface area contributed by atoms with E-state index >= 15 is 0 Å². The zero-order chi connectivity index (χ0) is 18.5. The van der Waals surface area contributed by atoms with E-state index < -0.39 is 11.9 Å². The van der Waals surface area contributed by atoms with Crippen molar-refractivity contribution in [3.63, 3.8) is 0 Å². The minimum atomic E-state index is -0.632. The molecule has 3 N–H and O–H groups in total. The summed E-state index contributed by atoms with van der Waals surface area (Å²) < 4.78 is 19.5. The number of hydrogen-bond acceptors (Lipinski definition) is 7. The molecule has 1 saturated carbocycles. The van der Waals surface area contributed by atoms with Crippen LogP contribution >= 0.6 is 0 Å². The average molecular weight is 361 g/mol. The molecule has 0 unspecified atom stereocenters. The van der Waals surface area contributed by atoms with Gasteiger partial charge in [-0.3, -0.25) is 0 Å². The van der Waals surface area contributed by atoms with Crippen LogP contribution in [0.1, 0.15) is 26.3 Å². The molecule has 3 heterocycles. The van der Waals surface area contributed by atoms with Crippen molar-refractivity contribution in [1.29, 1.82) is 0 Å². The third kappa shape index (κ3) is 2.72. The van der Waals surface area contributed by atoms with Crippen LogP contribution in [-0.2, 0) is 9.47 Å². The normalized spacial score (nSPS) is 29.7. The molecule has 1 amide bonds. The van der Waals surface area contributed by atoms with E-state index in [-0.39, 0.29) is 30.0 Å². The van der Waals surface area contributed by atoms with Gasteiger partial charge >= 0.3 is 6.09 Å².